The summed E-state index contributed by atoms with van der Waals surface area (Å²) in [5.41, 5.74) is 2.09. The number of rotatable bonds is 4. The fraction of sp³-hybridized carbons (Fsp3) is 0.0952. The summed E-state index contributed by atoms with van der Waals surface area (Å²) >= 11 is 3.34. The van der Waals surface area contributed by atoms with Crippen molar-refractivity contribution < 1.29 is 14.4 Å². The first-order valence-electron chi connectivity index (χ1n) is 8.65. The molecule has 2 aromatic carbocycles. The second-order valence-corrected chi connectivity index (χ2v) is 6.98. The summed E-state index contributed by atoms with van der Waals surface area (Å²) in [5, 5.41) is 5.48. The molecule has 0 fully saturated rings. The first-order valence-corrected chi connectivity index (χ1v) is 9.44. The average molecular weight is 440 g/mol. The van der Waals surface area contributed by atoms with Gasteiger partial charge in [-0.3, -0.25) is 14.5 Å². The molecule has 0 aromatic heterocycles. The third kappa shape index (κ3) is 5.40. The van der Waals surface area contributed by atoms with E-state index in [1.165, 1.54) is 17.1 Å². The minimum Gasteiger partial charge on any atom is -0.308 e. The summed E-state index contributed by atoms with van der Waals surface area (Å²) in [5.74, 6) is -0.636. The molecule has 0 bridgehead atoms. The molecule has 6 nitrogen and oxygen atoms in total. The Morgan fingerprint density at radius 2 is 1.57 bits per heavy atom. The molecular weight excluding hydrogens is 422 g/mol. The highest BCUT2D eigenvalue weighted by Crippen LogP contribution is 2.15. The zero-order valence-corrected chi connectivity index (χ0v) is 16.5. The quantitative estimate of drug-likeness (QED) is 0.691. The first-order chi connectivity index (χ1) is 13.5. The normalized spacial score (nSPS) is 13.6. The average Bonchev–Trinajstić information content (AvgIpc) is 2.69. The fourth-order valence-corrected chi connectivity index (χ4v) is 2.83. The first kappa shape index (κ1) is 19.6. The molecular formula is C21H18BrN3O3. The number of halogens is 1. The monoisotopic (exact) mass is 439 g/mol. The van der Waals surface area contributed by atoms with Gasteiger partial charge in [0, 0.05) is 28.5 Å². The molecule has 0 aliphatic carbocycles. The van der Waals surface area contributed by atoms with Gasteiger partial charge in [-0.05, 0) is 60.5 Å². The predicted octanol–water partition coefficient (Wildman–Crippen LogP) is 4.42. The minimum atomic E-state index is -0.350. The summed E-state index contributed by atoms with van der Waals surface area (Å²) in [7, 11) is 0. The number of nitrogens with zero attached hydrogens (tertiary/aromatic N) is 1. The van der Waals surface area contributed by atoms with E-state index in [-0.39, 0.29) is 17.8 Å². The van der Waals surface area contributed by atoms with Crippen LogP contribution >= 0.6 is 15.9 Å². The van der Waals surface area contributed by atoms with E-state index >= 15 is 0 Å². The fourth-order valence-electron chi connectivity index (χ4n) is 2.57. The Labute approximate surface area is 171 Å². The molecule has 142 valence electrons. The standard InChI is InChI=1S/C21H18BrN3O3/c22-16-7-11-18(12-8-16)24-21(28)23-17-9-4-15(5-10-17)6-13-20(27)25-14-2-1-3-19(25)26/h1,3-13H,2,14H2,(H2,23,24,28)/b13-6+. The SMILES string of the molecule is O=C(Nc1ccc(Br)cc1)Nc1ccc(/C=C/C(=O)N2CCC=CC2=O)cc1. The maximum Gasteiger partial charge on any atom is 0.323 e. The van der Waals surface area contributed by atoms with Gasteiger partial charge >= 0.3 is 6.03 Å². The van der Waals surface area contributed by atoms with Crippen molar-refractivity contribution in [2.75, 3.05) is 17.2 Å². The molecule has 7 heteroatoms. The lowest BCUT2D eigenvalue weighted by Crippen LogP contribution is -2.37. The molecule has 3 rings (SSSR count). The molecule has 0 atom stereocenters. The number of hydrogen-bond acceptors (Lipinski definition) is 3. The molecule has 2 aromatic rings. The van der Waals surface area contributed by atoms with Crippen molar-refractivity contribution in [1.29, 1.82) is 0 Å². The Bertz CT molecular complexity index is 934. The van der Waals surface area contributed by atoms with Gasteiger partial charge in [-0.2, -0.15) is 0 Å². The lowest BCUT2D eigenvalue weighted by Gasteiger charge is -2.19. The van der Waals surface area contributed by atoms with Gasteiger partial charge < -0.3 is 10.6 Å². The van der Waals surface area contributed by atoms with Crippen molar-refractivity contribution in [2.24, 2.45) is 0 Å². The molecule has 1 aliphatic heterocycles. The number of imide groups is 1. The molecule has 1 heterocycles. The number of urea groups is 1. The zero-order chi connectivity index (χ0) is 19.9. The Morgan fingerprint density at radius 3 is 2.18 bits per heavy atom. The van der Waals surface area contributed by atoms with Crippen LogP contribution in [0, 0.1) is 0 Å². The van der Waals surface area contributed by atoms with E-state index in [2.05, 4.69) is 26.6 Å². The lowest BCUT2D eigenvalue weighted by molar-refractivity contribution is -0.139. The number of hydrogen-bond donors (Lipinski definition) is 2. The van der Waals surface area contributed by atoms with E-state index in [1.807, 2.05) is 12.1 Å². The van der Waals surface area contributed by atoms with E-state index in [0.29, 0.717) is 24.3 Å². The van der Waals surface area contributed by atoms with Crippen LogP contribution in [0.2, 0.25) is 0 Å². The van der Waals surface area contributed by atoms with Gasteiger partial charge in [-0.25, -0.2) is 4.79 Å². The smallest absolute Gasteiger partial charge is 0.308 e. The summed E-state index contributed by atoms with van der Waals surface area (Å²) in [4.78, 5) is 37.0. The van der Waals surface area contributed by atoms with Crippen LogP contribution in [0.3, 0.4) is 0 Å². The topological polar surface area (TPSA) is 78.5 Å². The maximum absolute atomic E-state index is 12.1. The molecule has 28 heavy (non-hydrogen) atoms. The number of nitrogens with one attached hydrogen (secondary N) is 2. The van der Waals surface area contributed by atoms with Gasteiger partial charge in [0.1, 0.15) is 0 Å². The number of amides is 4. The van der Waals surface area contributed by atoms with Crippen molar-refractivity contribution in [3.63, 3.8) is 0 Å². The highest BCUT2D eigenvalue weighted by molar-refractivity contribution is 9.10. The van der Waals surface area contributed by atoms with Crippen molar-refractivity contribution in [2.45, 2.75) is 6.42 Å². The Hall–Kier alpha value is -3.19. The Morgan fingerprint density at radius 1 is 0.964 bits per heavy atom. The van der Waals surface area contributed by atoms with Gasteiger partial charge in [0.25, 0.3) is 11.8 Å². The molecule has 0 unspecified atom stereocenters. The van der Waals surface area contributed by atoms with Crippen molar-refractivity contribution in [3.05, 3.63) is 76.8 Å². The molecule has 1 aliphatic rings. The molecule has 2 N–H and O–H groups in total. The van der Waals surface area contributed by atoms with E-state index in [0.717, 1.165) is 10.0 Å². The van der Waals surface area contributed by atoms with Crippen molar-refractivity contribution >= 4 is 51.2 Å². The third-order valence-electron chi connectivity index (χ3n) is 4.00. The largest absolute Gasteiger partial charge is 0.323 e. The molecule has 4 amide bonds. The summed E-state index contributed by atoms with van der Waals surface area (Å²) in [6.07, 6.45) is 6.86. The van der Waals surface area contributed by atoms with Crippen LogP contribution < -0.4 is 10.6 Å². The van der Waals surface area contributed by atoms with E-state index in [4.69, 9.17) is 0 Å². The van der Waals surface area contributed by atoms with Crippen LogP contribution in [0.25, 0.3) is 6.08 Å². The lowest BCUT2D eigenvalue weighted by atomic mass is 10.2. The van der Waals surface area contributed by atoms with E-state index in [1.54, 1.807) is 48.6 Å². The Balaban J connectivity index is 1.55. The number of anilines is 2. The van der Waals surface area contributed by atoms with Gasteiger partial charge in [0.15, 0.2) is 0 Å². The number of carbonyl (C=O) groups excluding carboxylic acids is 3. The molecule has 0 radical (unpaired) electrons. The Kier molecular flexibility index (Phi) is 6.39. The number of benzene rings is 2. The second kappa shape index (κ2) is 9.14. The van der Waals surface area contributed by atoms with Crippen LogP contribution in [0.1, 0.15) is 12.0 Å². The van der Waals surface area contributed by atoms with Crippen LogP contribution in [0.4, 0.5) is 16.2 Å². The molecule has 0 saturated carbocycles. The van der Waals surface area contributed by atoms with Gasteiger partial charge in [0.2, 0.25) is 0 Å². The van der Waals surface area contributed by atoms with Crippen molar-refractivity contribution in [1.82, 2.24) is 4.90 Å². The third-order valence-corrected chi connectivity index (χ3v) is 4.53. The second-order valence-electron chi connectivity index (χ2n) is 6.06. The summed E-state index contributed by atoms with van der Waals surface area (Å²) in [6.45, 7) is 0.398. The summed E-state index contributed by atoms with van der Waals surface area (Å²) < 4.78 is 0.932. The van der Waals surface area contributed by atoms with Crippen molar-refractivity contribution in [3.8, 4) is 0 Å². The van der Waals surface area contributed by atoms with Crippen LogP contribution in [0.5, 0.6) is 0 Å². The van der Waals surface area contributed by atoms with Crippen LogP contribution in [-0.2, 0) is 9.59 Å². The zero-order valence-electron chi connectivity index (χ0n) is 14.9. The highest BCUT2D eigenvalue weighted by Gasteiger charge is 2.18. The van der Waals surface area contributed by atoms with Gasteiger partial charge in [0.05, 0.1) is 0 Å². The van der Waals surface area contributed by atoms with Gasteiger partial charge in [-0.1, -0.05) is 34.1 Å². The predicted molar refractivity (Wildman–Crippen MR) is 113 cm³/mol. The summed E-state index contributed by atoms with van der Waals surface area (Å²) in [6, 6.07) is 13.9. The maximum atomic E-state index is 12.1. The van der Waals surface area contributed by atoms with Crippen LogP contribution in [0.15, 0.2) is 71.2 Å². The minimum absolute atomic E-state index is 0.294. The van der Waals surface area contributed by atoms with E-state index in [9.17, 15) is 14.4 Å². The van der Waals surface area contributed by atoms with Gasteiger partial charge in [-0.15, -0.1) is 0 Å². The van der Waals surface area contributed by atoms with E-state index < -0.39 is 0 Å². The molecule has 0 spiro atoms. The number of carbonyl (C=O) groups is 3. The highest BCUT2D eigenvalue weighted by atomic mass is 79.9. The molecule has 0 saturated heterocycles. The van der Waals surface area contributed by atoms with Crippen LogP contribution in [-0.4, -0.2) is 29.3 Å².